The predicted octanol–water partition coefficient (Wildman–Crippen LogP) is 2.43. The second-order valence-corrected chi connectivity index (χ2v) is 2.89. The highest BCUT2D eigenvalue weighted by molar-refractivity contribution is 5.93. The molecule has 2 nitrogen and oxygen atoms in total. The largest absolute Gasteiger partial charge is 0.377 e. The van der Waals surface area contributed by atoms with E-state index in [0.717, 1.165) is 11.1 Å². The quantitative estimate of drug-likeness (QED) is 0.662. The smallest absolute Gasteiger partial charge is 0.159 e. The van der Waals surface area contributed by atoms with Gasteiger partial charge in [0.2, 0.25) is 0 Å². The highest BCUT2D eigenvalue weighted by Crippen LogP contribution is 2.06. The van der Waals surface area contributed by atoms with Crippen LogP contribution < -0.4 is 0 Å². The Hall–Kier alpha value is -1.15. The number of benzene rings is 1. The van der Waals surface area contributed by atoms with Crippen LogP contribution >= 0.6 is 0 Å². The lowest BCUT2D eigenvalue weighted by Crippen LogP contribution is -1.94. The van der Waals surface area contributed by atoms with Gasteiger partial charge in [-0.3, -0.25) is 4.79 Å². The van der Waals surface area contributed by atoms with E-state index in [4.69, 9.17) is 4.74 Å². The van der Waals surface area contributed by atoms with E-state index < -0.39 is 0 Å². The summed E-state index contributed by atoms with van der Waals surface area (Å²) in [6, 6.07) is 7.51. The van der Waals surface area contributed by atoms with Gasteiger partial charge in [0, 0.05) is 12.2 Å². The average Bonchev–Trinajstić information content (AvgIpc) is 2.15. The van der Waals surface area contributed by atoms with Gasteiger partial charge in [0.1, 0.15) is 0 Å². The summed E-state index contributed by atoms with van der Waals surface area (Å²) in [5.74, 6) is 0.1000. The lowest BCUT2D eigenvalue weighted by Gasteiger charge is -2.01. The number of carbonyl (C=O) groups is 1. The molecule has 0 aliphatic heterocycles. The SMILES string of the molecule is CCOCc1ccc(C(C)=O)cc1. The normalized spacial score (nSPS) is 10.0. The fourth-order valence-corrected chi connectivity index (χ4v) is 1.06. The monoisotopic (exact) mass is 178 g/mol. The van der Waals surface area contributed by atoms with Crippen LogP contribution in [0.1, 0.15) is 29.8 Å². The maximum atomic E-state index is 10.9. The lowest BCUT2D eigenvalue weighted by molar-refractivity contribution is 0.101. The van der Waals surface area contributed by atoms with E-state index in [9.17, 15) is 4.79 Å². The molecule has 0 saturated heterocycles. The van der Waals surface area contributed by atoms with Crippen LogP contribution in [0.4, 0.5) is 0 Å². The van der Waals surface area contributed by atoms with Gasteiger partial charge in [-0.05, 0) is 19.4 Å². The number of ether oxygens (including phenoxy) is 1. The molecule has 0 heterocycles. The second kappa shape index (κ2) is 4.77. The van der Waals surface area contributed by atoms with Crippen LogP contribution in [0.15, 0.2) is 24.3 Å². The molecule has 0 aromatic heterocycles. The van der Waals surface area contributed by atoms with Crippen molar-refractivity contribution in [3.05, 3.63) is 35.4 Å². The third kappa shape index (κ3) is 2.99. The molecule has 0 spiro atoms. The van der Waals surface area contributed by atoms with E-state index in [2.05, 4.69) is 0 Å². The summed E-state index contributed by atoms with van der Waals surface area (Å²) in [7, 11) is 0. The molecule has 0 atom stereocenters. The summed E-state index contributed by atoms with van der Waals surface area (Å²) in [5.41, 5.74) is 1.85. The zero-order valence-corrected chi connectivity index (χ0v) is 8.04. The van der Waals surface area contributed by atoms with Gasteiger partial charge in [0.25, 0.3) is 0 Å². The van der Waals surface area contributed by atoms with Crippen molar-refractivity contribution in [3.63, 3.8) is 0 Å². The first-order valence-electron chi connectivity index (χ1n) is 4.41. The minimum atomic E-state index is 0.1000. The Morgan fingerprint density at radius 1 is 1.31 bits per heavy atom. The number of ketones is 1. The Morgan fingerprint density at radius 3 is 2.38 bits per heavy atom. The molecule has 0 aliphatic rings. The highest BCUT2D eigenvalue weighted by Gasteiger charge is 1.98. The standard InChI is InChI=1S/C11H14O2/c1-3-13-8-10-4-6-11(7-5-10)9(2)12/h4-7H,3,8H2,1-2H3. The van der Waals surface area contributed by atoms with E-state index in [1.165, 1.54) is 0 Å². The van der Waals surface area contributed by atoms with Crippen LogP contribution in [-0.4, -0.2) is 12.4 Å². The van der Waals surface area contributed by atoms with Crippen LogP contribution in [0.5, 0.6) is 0 Å². The predicted molar refractivity (Wildman–Crippen MR) is 51.8 cm³/mol. The highest BCUT2D eigenvalue weighted by atomic mass is 16.5. The third-order valence-electron chi connectivity index (χ3n) is 1.83. The first kappa shape index (κ1) is 9.93. The minimum Gasteiger partial charge on any atom is -0.377 e. The zero-order chi connectivity index (χ0) is 9.68. The van der Waals surface area contributed by atoms with Crippen LogP contribution in [0.25, 0.3) is 0 Å². The molecule has 2 heteroatoms. The van der Waals surface area contributed by atoms with Crippen molar-refractivity contribution in [2.75, 3.05) is 6.61 Å². The second-order valence-electron chi connectivity index (χ2n) is 2.89. The molecule has 1 aromatic carbocycles. The molecule has 0 bridgehead atoms. The first-order valence-corrected chi connectivity index (χ1v) is 4.41. The molecular formula is C11H14O2. The van der Waals surface area contributed by atoms with Gasteiger partial charge in [0.05, 0.1) is 6.61 Å². The molecule has 1 rings (SSSR count). The summed E-state index contributed by atoms with van der Waals surface area (Å²) in [4.78, 5) is 10.9. The number of Topliss-reactive ketones (excluding diaryl/α,β-unsaturated/α-hetero) is 1. The van der Waals surface area contributed by atoms with Crippen molar-refractivity contribution in [2.24, 2.45) is 0 Å². The minimum absolute atomic E-state index is 0.1000. The Morgan fingerprint density at radius 2 is 1.92 bits per heavy atom. The van der Waals surface area contributed by atoms with Crippen LogP contribution in [-0.2, 0) is 11.3 Å². The Bertz CT molecular complexity index is 275. The molecule has 0 fully saturated rings. The van der Waals surface area contributed by atoms with Crippen LogP contribution in [0.3, 0.4) is 0 Å². The maximum Gasteiger partial charge on any atom is 0.159 e. The molecule has 0 radical (unpaired) electrons. The first-order chi connectivity index (χ1) is 6.24. The fourth-order valence-electron chi connectivity index (χ4n) is 1.06. The average molecular weight is 178 g/mol. The van der Waals surface area contributed by atoms with E-state index in [1.54, 1.807) is 6.92 Å². The van der Waals surface area contributed by atoms with Crippen molar-refractivity contribution >= 4 is 5.78 Å². The van der Waals surface area contributed by atoms with Crippen molar-refractivity contribution < 1.29 is 9.53 Å². The number of carbonyl (C=O) groups excluding carboxylic acids is 1. The maximum absolute atomic E-state index is 10.9. The van der Waals surface area contributed by atoms with Gasteiger partial charge in [-0.25, -0.2) is 0 Å². The van der Waals surface area contributed by atoms with Crippen molar-refractivity contribution in [1.82, 2.24) is 0 Å². The van der Waals surface area contributed by atoms with Gasteiger partial charge in [-0.1, -0.05) is 24.3 Å². The van der Waals surface area contributed by atoms with E-state index in [0.29, 0.717) is 13.2 Å². The molecule has 0 amide bonds. The summed E-state index contributed by atoms with van der Waals surface area (Å²) in [6.45, 7) is 4.87. The molecule has 0 aliphatic carbocycles. The van der Waals surface area contributed by atoms with Gasteiger partial charge in [-0.2, -0.15) is 0 Å². The number of hydrogen-bond donors (Lipinski definition) is 0. The summed E-state index contributed by atoms with van der Waals surface area (Å²) >= 11 is 0. The Balaban J connectivity index is 2.64. The molecule has 0 saturated carbocycles. The van der Waals surface area contributed by atoms with Crippen LogP contribution in [0.2, 0.25) is 0 Å². The van der Waals surface area contributed by atoms with Gasteiger partial charge in [0.15, 0.2) is 5.78 Å². The molecule has 70 valence electrons. The molecular weight excluding hydrogens is 164 g/mol. The van der Waals surface area contributed by atoms with Crippen molar-refractivity contribution in [2.45, 2.75) is 20.5 Å². The van der Waals surface area contributed by atoms with E-state index >= 15 is 0 Å². The van der Waals surface area contributed by atoms with Gasteiger partial charge < -0.3 is 4.74 Å². The van der Waals surface area contributed by atoms with Crippen molar-refractivity contribution in [1.29, 1.82) is 0 Å². The zero-order valence-electron chi connectivity index (χ0n) is 8.04. The third-order valence-corrected chi connectivity index (χ3v) is 1.83. The molecule has 1 aromatic rings. The molecule has 0 unspecified atom stereocenters. The summed E-state index contributed by atoms with van der Waals surface area (Å²) in [6.07, 6.45) is 0. The summed E-state index contributed by atoms with van der Waals surface area (Å²) < 4.78 is 5.23. The van der Waals surface area contributed by atoms with Gasteiger partial charge in [-0.15, -0.1) is 0 Å². The van der Waals surface area contributed by atoms with E-state index in [-0.39, 0.29) is 5.78 Å². The Labute approximate surface area is 78.5 Å². The fraction of sp³-hybridized carbons (Fsp3) is 0.364. The number of hydrogen-bond acceptors (Lipinski definition) is 2. The lowest BCUT2D eigenvalue weighted by atomic mass is 10.1. The number of rotatable bonds is 4. The van der Waals surface area contributed by atoms with Crippen LogP contribution in [0, 0.1) is 0 Å². The molecule has 13 heavy (non-hydrogen) atoms. The topological polar surface area (TPSA) is 26.3 Å². The molecule has 0 N–H and O–H groups in total. The van der Waals surface area contributed by atoms with Crippen molar-refractivity contribution in [3.8, 4) is 0 Å². The summed E-state index contributed by atoms with van der Waals surface area (Å²) in [5, 5.41) is 0. The Kier molecular flexibility index (Phi) is 3.65. The van der Waals surface area contributed by atoms with E-state index in [1.807, 2.05) is 31.2 Å². The van der Waals surface area contributed by atoms with Gasteiger partial charge >= 0.3 is 0 Å².